The van der Waals surface area contributed by atoms with Crippen molar-refractivity contribution in [1.29, 1.82) is 0 Å². The normalized spacial score (nSPS) is 26.5. The Morgan fingerprint density at radius 3 is 2.76 bits per heavy atom. The lowest BCUT2D eigenvalue weighted by Crippen LogP contribution is -2.35. The van der Waals surface area contributed by atoms with Gasteiger partial charge >= 0.3 is 0 Å². The van der Waals surface area contributed by atoms with Crippen LogP contribution in [-0.2, 0) is 7.05 Å². The van der Waals surface area contributed by atoms with Crippen LogP contribution in [0, 0.1) is 11.8 Å². The summed E-state index contributed by atoms with van der Waals surface area (Å²) in [6.45, 7) is 7.81. The molecular weight excluding hydrogens is 282 g/mol. The molecule has 1 aromatic heterocycles. The van der Waals surface area contributed by atoms with Crippen molar-refractivity contribution in [2.24, 2.45) is 18.9 Å². The maximum Gasteiger partial charge on any atom is 0.0820 e. The molecule has 1 N–H and O–H groups in total. The topological polar surface area (TPSA) is 29.9 Å². The zero-order chi connectivity index (χ0) is 15.4. The van der Waals surface area contributed by atoms with Gasteiger partial charge in [-0.3, -0.25) is 4.68 Å². The average Bonchev–Trinajstić information content (AvgIpc) is 2.77. The second kappa shape index (κ2) is 7.64. The number of halogens is 1. The van der Waals surface area contributed by atoms with E-state index in [-0.39, 0.29) is 0 Å². The number of aryl methyl sites for hydroxylation is 1. The average molecular weight is 312 g/mol. The lowest BCUT2D eigenvalue weighted by Gasteiger charge is -2.37. The molecule has 0 aliphatic heterocycles. The van der Waals surface area contributed by atoms with Gasteiger partial charge in [-0.25, -0.2) is 0 Å². The Labute approximate surface area is 134 Å². The van der Waals surface area contributed by atoms with Crippen molar-refractivity contribution in [3.63, 3.8) is 0 Å². The summed E-state index contributed by atoms with van der Waals surface area (Å²) < 4.78 is 1.99. The lowest BCUT2D eigenvalue weighted by atomic mass is 9.71. The van der Waals surface area contributed by atoms with E-state index in [0.717, 1.165) is 17.5 Å². The Balaban J connectivity index is 2.16. The van der Waals surface area contributed by atoms with Gasteiger partial charge in [-0.15, -0.1) is 0 Å². The van der Waals surface area contributed by atoms with Crippen molar-refractivity contribution < 1.29 is 0 Å². The third-order valence-electron chi connectivity index (χ3n) is 4.88. The van der Waals surface area contributed by atoms with E-state index in [1.165, 1.54) is 37.8 Å². The van der Waals surface area contributed by atoms with Crippen molar-refractivity contribution in [1.82, 2.24) is 15.1 Å². The van der Waals surface area contributed by atoms with E-state index in [9.17, 15) is 0 Å². The van der Waals surface area contributed by atoms with Gasteiger partial charge in [-0.05, 0) is 31.2 Å². The van der Waals surface area contributed by atoms with Crippen molar-refractivity contribution >= 4 is 11.6 Å². The number of hydrogen-bond acceptors (Lipinski definition) is 2. The fraction of sp³-hybridized carbons (Fsp3) is 0.824. The Bertz CT molecular complexity index is 422. The highest BCUT2D eigenvalue weighted by molar-refractivity contribution is 6.31. The van der Waals surface area contributed by atoms with Gasteiger partial charge in [0.2, 0.25) is 0 Å². The molecule has 21 heavy (non-hydrogen) atoms. The van der Waals surface area contributed by atoms with Gasteiger partial charge in [0, 0.05) is 19.0 Å². The van der Waals surface area contributed by atoms with Gasteiger partial charge in [-0.2, -0.15) is 5.10 Å². The van der Waals surface area contributed by atoms with Crippen LogP contribution >= 0.6 is 11.6 Å². The predicted molar refractivity (Wildman–Crippen MR) is 89.8 cm³/mol. The summed E-state index contributed by atoms with van der Waals surface area (Å²) >= 11 is 6.43. The quantitative estimate of drug-likeness (QED) is 0.845. The van der Waals surface area contributed by atoms with Gasteiger partial charge in [0.1, 0.15) is 0 Å². The van der Waals surface area contributed by atoms with E-state index in [0.29, 0.717) is 17.9 Å². The molecule has 3 unspecified atom stereocenters. The van der Waals surface area contributed by atoms with Crippen LogP contribution in [0.5, 0.6) is 0 Å². The molecule has 4 heteroatoms. The summed E-state index contributed by atoms with van der Waals surface area (Å²) in [6.07, 6.45) is 8.35. The van der Waals surface area contributed by atoms with E-state index in [1.807, 2.05) is 11.7 Å². The molecule has 0 bridgehead atoms. The van der Waals surface area contributed by atoms with Crippen LogP contribution in [0.15, 0.2) is 6.20 Å². The SMILES string of the molecule is CCCC1CCC(CNC(C)C)C(c2c(Cl)cnn2C)C1. The van der Waals surface area contributed by atoms with E-state index < -0.39 is 0 Å². The largest absolute Gasteiger partial charge is 0.314 e. The number of aromatic nitrogens is 2. The molecule has 0 aromatic carbocycles. The van der Waals surface area contributed by atoms with Crippen molar-refractivity contribution in [3.8, 4) is 0 Å². The summed E-state index contributed by atoms with van der Waals surface area (Å²) in [5, 5.41) is 8.82. The maximum absolute atomic E-state index is 6.43. The molecule has 0 radical (unpaired) electrons. The van der Waals surface area contributed by atoms with Crippen LogP contribution in [0.25, 0.3) is 0 Å². The number of hydrogen-bond donors (Lipinski definition) is 1. The highest BCUT2D eigenvalue weighted by Gasteiger charge is 2.34. The van der Waals surface area contributed by atoms with Crippen molar-refractivity contribution in [2.75, 3.05) is 6.54 Å². The molecular formula is C17H30ClN3. The lowest BCUT2D eigenvalue weighted by molar-refractivity contribution is 0.211. The minimum absolute atomic E-state index is 0.543. The smallest absolute Gasteiger partial charge is 0.0820 e. The Kier molecular flexibility index (Phi) is 6.12. The summed E-state index contributed by atoms with van der Waals surface area (Å²) in [6, 6.07) is 0.543. The molecule has 1 saturated carbocycles. The molecule has 3 atom stereocenters. The standard InChI is InChI=1S/C17H30ClN3/c1-5-6-13-7-8-14(10-19-12(2)3)15(9-13)17-16(18)11-20-21(17)4/h11-15,19H,5-10H2,1-4H3. The first-order valence-electron chi connectivity index (χ1n) is 8.43. The maximum atomic E-state index is 6.43. The molecule has 1 aliphatic carbocycles. The number of rotatable bonds is 6. The summed E-state index contributed by atoms with van der Waals surface area (Å²) in [5.41, 5.74) is 1.24. The van der Waals surface area contributed by atoms with Crippen LogP contribution in [0.3, 0.4) is 0 Å². The van der Waals surface area contributed by atoms with Gasteiger partial charge in [0.15, 0.2) is 0 Å². The first-order chi connectivity index (χ1) is 10.0. The molecule has 1 heterocycles. The molecule has 0 spiro atoms. The fourth-order valence-electron chi connectivity index (χ4n) is 3.79. The first-order valence-corrected chi connectivity index (χ1v) is 8.81. The Hall–Kier alpha value is -0.540. The molecule has 0 saturated heterocycles. The molecule has 0 amide bonds. The predicted octanol–water partition coefficient (Wildman–Crippen LogP) is 4.37. The van der Waals surface area contributed by atoms with Gasteiger partial charge in [-0.1, -0.05) is 51.6 Å². The zero-order valence-corrected chi connectivity index (χ0v) is 14.7. The van der Waals surface area contributed by atoms with E-state index in [2.05, 4.69) is 31.2 Å². The van der Waals surface area contributed by atoms with Crippen LogP contribution in [0.1, 0.15) is 64.5 Å². The molecule has 3 nitrogen and oxygen atoms in total. The Morgan fingerprint density at radius 2 is 2.19 bits per heavy atom. The summed E-state index contributed by atoms with van der Waals surface area (Å²) in [7, 11) is 2.03. The second-order valence-corrected chi connectivity index (χ2v) is 7.31. The summed E-state index contributed by atoms with van der Waals surface area (Å²) in [4.78, 5) is 0. The van der Waals surface area contributed by atoms with Crippen LogP contribution in [0.4, 0.5) is 0 Å². The van der Waals surface area contributed by atoms with Crippen LogP contribution in [-0.4, -0.2) is 22.4 Å². The highest BCUT2D eigenvalue weighted by Crippen LogP contribution is 2.43. The first kappa shape index (κ1) is 16.8. The third kappa shape index (κ3) is 4.23. The molecule has 1 aromatic rings. The molecule has 120 valence electrons. The van der Waals surface area contributed by atoms with Crippen LogP contribution < -0.4 is 5.32 Å². The monoisotopic (exact) mass is 311 g/mol. The van der Waals surface area contributed by atoms with E-state index in [1.54, 1.807) is 6.20 Å². The highest BCUT2D eigenvalue weighted by atomic mass is 35.5. The molecule has 1 aliphatic rings. The number of nitrogens with zero attached hydrogens (tertiary/aromatic N) is 2. The number of nitrogens with one attached hydrogen (secondary N) is 1. The minimum Gasteiger partial charge on any atom is -0.314 e. The van der Waals surface area contributed by atoms with Gasteiger partial charge < -0.3 is 5.32 Å². The van der Waals surface area contributed by atoms with Crippen LogP contribution in [0.2, 0.25) is 5.02 Å². The van der Waals surface area contributed by atoms with E-state index in [4.69, 9.17) is 11.6 Å². The summed E-state index contributed by atoms with van der Waals surface area (Å²) in [5.74, 6) is 2.07. The second-order valence-electron chi connectivity index (χ2n) is 6.90. The third-order valence-corrected chi connectivity index (χ3v) is 5.17. The molecule has 2 rings (SSSR count). The fourth-order valence-corrected chi connectivity index (χ4v) is 4.10. The van der Waals surface area contributed by atoms with Gasteiger partial charge in [0.25, 0.3) is 0 Å². The zero-order valence-electron chi connectivity index (χ0n) is 13.9. The van der Waals surface area contributed by atoms with Gasteiger partial charge in [0.05, 0.1) is 16.9 Å². The van der Waals surface area contributed by atoms with Crippen molar-refractivity contribution in [2.45, 2.75) is 64.8 Å². The molecule has 1 fully saturated rings. The van der Waals surface area contributed by atoms with E-state index >= 15 is 0 Å². The minimum atomic E-state index is 0.543. The van der Waals surface area contributed by atoms with Crippen molar-refractivity contribution in [3.05, 3.63) is 16.9 Å². The Morgan fingerprint density at radius 1 is 1.43 bits per heavy atom.